The van der Waals surface area contributed by atoms with Gasteiger partial charge in [-0.3, -0.25) is 9.69 Å². The second-order valence-corrected chi connectivity index (χ2v) is 9.62. The number of fused-ring (bicyclic) bond motifs is 1. The zero-order valence-corrected chi connectivity index (χ0v) is 21.4. The van der Waals surface area contributed by atoms with Crippen LogP contribution in [0.25, 0.3) is 10.9 Å². The molecule has 0 bridgehead atoms. The van der Waals surface area contributed by atoms with Crippen LogP contribution in [0.4, 0.5) is 0 Å². The van der Waals surface area contributed by atoms with Crippen LogP contribution < -0.4 is 5.32 Å². The molecule has 0 aliphatic carbocycles. The number of hydrogen-bond acceptors (Lipinski definition) is 4. The Hall–Kier alpha value is -3.87. The lowest BCUT2D eigenvalue weighted by Crippen LogP contribution is -2.27. The van der Waals surface area contributed by atoms with Gasteiger partial charge in [-0.05, 0) is 48.2 Å². The third-order valence-electron chi connectivity index (χ3n) is 6.48. The maximum absolute atomic E-state index is 12.8. The molecule has 0 fully saturated rings. The highest BCUT2D eigenvalue weighted by Gasteiger charge is 2.18. The van der Waals surface area contributed by atoms with Crippen LogP contribution in [0, 0.1) is 0 Å². The second kappa shape index (κ2) is 11.5. The normalized spacial score (nSPS) is 12.2. The van der Waals surface area contributed by atoms with Gasteiger partial charge in [0.2, 0.25) is 5.89 Å². The molecule has 0 saturated heterocycles. The van der Waals surface area contributed by atoms with Crippen LogP contribution in [0.1, 0.15) is 46.0 Å². The molecule has 0 saturated carbocycles. The predicted octanol–water partition coefficient (Wildman–Crippen LogP) is 6.55. The summed E-state index contributed by atoms with van der Waals surface area (Å²) in [5, 5.41) is 4.94. The van der Waals surface area contributed by atoms with Crippen molar-refractivity contribution >= 4 is 28.4 Å². The van der Waals surface area contributed by atoms with Gasteiger partial charge in [0.25, 0.3) is 5.91 Å². The van der Waals surface area contributed by atoms with E-state index >= 15 is 0 Å². The number of aromatic amines is 1. The number of carbonyl (C=O) groups excluding carboxylic acids is 1. The molecule has 7 heteroatoms. The number of nitrogens with one attached hydrogen (secondary N) is 2. The van der Waals surface area contributed by atoms with Crippen LogP contribution in [0.5, 0.6) is 0 Å². The van der Waals surface area contributed by atoms with Crippen molar-refractivity contribution in [2.24, 2.45) is 0 Å². The zero-order valence-electron chi connectivity index (χ0n) is 20.7. The van der Waals surface area contributed by atoms with Gasteiger partial charge in [-0.25, -0.2) is 4.98 Å². The minimum absolute atomic E-state index is 0.133. The van der Waals surface area contributed by atoms with Gasteiger partial charge in [-0.1, -0.05) is 72.3 Å². The maximum Gasteiger partial charge on any atom is 0.273 e. The summed E-state index contributed by atoms with van der Waals surface area (Å²) in [5.74, 6) is 0.250. The summed E-state index contributed by atoms with van der Waals surface area (Å²) >= 11 is 6.09. The molecule has 1 atom stereocenters. The number of nitrogens with zero attached hydrogens (tertiary/aromatic N) is 2. The van der Waals surface area contributed by atoms with Gasteiger partial charge in [0.05, 0.1) is 12.6 Å². The highest BCUT2D eigenvalue weighted by Crippen LogP contribution is 2.20. The van der Waals surface area contributed by atoms with Gasteiger partial charge in [-0.2, -0.15) is 0 Å². The highest BCUT2D eigenvalue weighted by molar-refractivity contribution is 6.30. The van der Waals surface area contributed by atoms with Gasteiger partial charge in [0.1, 0.15) is 6.26 Å². The number of hydrogen-bond donors (Lipinski definition) is 2. The molecule has 0 radical (unpaired) electrons. The first-order chi connectivity index (χ1) is 18.0. The van der Waals surface area contributed by atoms with E-state index in [2.05, 4.69) is 44.6 Å². The molecule has 37 heavy (non-hydrogen) atoms. The number of aromatic nitrogens is 2. The average Bonchev–Trinajstić information content (AvgIpc) is 3.56. The fourth-order valence-corrected chi connectivity index (χ4v) is 4.58. The number of halogens is 1. The molecule has 0 unspecified atom stereocenters. The van der Waals surface area contributed by atoms with E-state index in [1.165, 1.54) is 17.2 Å². The standard InChI is InChI=1S/C30H29ClN4O2/c1-21(23-7-3-2-4-8-23)33-30(36)28-20-37-29(34-28)19-35(18-22-11-13-25(31)14-12-22)16-15-24-17-32-27-10-6-5-9-26(24)27/h2-14,17,20-21,32H,15-16,18-19H2,1H3,(H,33,36)/t21-/m0/s1. The Labute approximate surface area is 221 Å². The van der Waals surface area contributed by atoms with Crippen molar-refractivity contribution in [2.75, 3.05) is 6.54 Å². The van der Waals surface area contributed by atoms with Crippen molar-refractivity contribution in [1.82, 2.24) is 20.2 Å². The number of H-pyrrole nitrogens is 1. The lowest BCUT2D eigenvalue weighted by molar-refractivity contribution is 0.0934. The van der Waals surface area contributed by atoms with Crippen molar-refractivity contribution in [1.29, 1.82) is 0 Å². The van der Waals surface area contributed by atoms with E-state index in [1.54, 1.807) is 0 Å². The summed E-state index contributed by atoms with van der Waals surface area (Å²) in [6, 6.07) is 25.9. The predicted molar refractivity (Wildman–Crippen MR) is 146 cm³/mol. The first-order valence-electron chi connectivity index (χ1n) is 12.4. The SMILES string of the molecule is C[C@H](NC(=O)c1coc(CN(CCc2c[nH]c3ccccc23)Cc2ccc(Cl)cc2)n1)c1ccccc1. The number of benzene rings is 3. The summed E-state index contributed by atoms with van der Waals surface area (Å²) in [5.41, 5.74) is 4.85. The molecular formula is C30H29ClN4O2. The van der Waals surface area contributed by atoms with Crippen LogP contribution in [0.2, 0.25) is 5.02 Å². The van der Waals surface area contributed by atoms with Gasteiger partial charge in [0.15, 0.2) is 5.69 Å². The molecule has 3 aromatic carbocycles. The summed E-state index contributed by atoms with van der Waals surface area (Å²) in [6.45, 7) is 3.92. The van der Waals surface area contributed by atoms with Crippen molar-refractivity contribution in [3.63, 3.8) is 0 Å². The largest absolute Gasteiger partial charge is 0.447 e. The number of rotatable bonds is 10. The average molecular weight is 513 g/mol. The third kappa shape index (κ3) is 6.28. The Bertz CT molecular complexity index is 1460. The van der Waals surface area contributed by atoms with Crippen molar-refractivity contribution in [2.45, 2.75) is 32.5 Å². The van der Waals surface area contributed by atoms with Gasteiger partial charge in [-0.15, -0.1) is 0 Å². The molecule has 2 N–H and O–H groups in total. The lowest BCUT2D eigenvalue weighted by atomic mass is 10.1. The molecule has 5 rings (SSSR count). The number of amides is 1. The van der Waals surface area contributed by atoms with Crippen LogP contribution in [-0.4, -0.2) is 27.3 Å². The van der Waals surface area contributed by atoms with Crippen LogP contribution in [-0.2, 0) is 19.5 Å². The monoisotopic (exact) mass is 512 g/mol. The Balaban J connectivity index is 1.28. The topological polar surface area (TPSA) is 74.2 Å². The minimum atomic E-state index is -0.255. The zero-order chi connectivity index (χ0) is 25.6. The van der Waals surface area contributed by atoms with Crippen LogP contribution >= 0.6 is 11.6 Å². The molecule has 5 aromatic rings. The van der Waals surface area contributed by atoms with E-state index in [0.717, 1.165) is 29.6 Å². The third-order valence-corrected chi connectivity index (χ3v) is 6.73. The maximum atomic E-state index is 12.8. The summed E-state index contributed by atoms with van der Waals surface area (Å²) in [7, 11) is 0. The van der Waals surface area contributed by atoms with E-state index in [-0.39, 0.29) is 17.6 Å². The second-order valence-electron chi connectivity index (χ2n) is 9.18. The number of oxazole rings is 1. The molecule has 2 aromatic heterocycles. The minimum Gasteiger partial charge on any atom is -0.447 e. The van der Waals surface area contributed by atoms with E-state index in [1.807, 2.05) is 67.6 Å². The Morgan fingerprint density at radius 2 is 1.78 bits per heavy atom. The van der Waals surface area contributed by atoms with Gasteiger partial charge >= 0.3 is 0 Å². The van der Waals surface area contributed by atoms with Crippen molar-refractivity contribution in [3.8, 4) is 0 Å². The number of carbonyl (C=O) groups is 1. The molecule has 188 valence electrons. The summed E-state index contributed by atoms with van der Waals surface area (Å²) in [4.78, 5) is 22.9. The molecule has 0 spiro atoms. The first-order valence-corrected chi connectivity index (χ1v) is 12.7. The molecule has 6 nitrogen and oxygen atoms in total. The van der Waals surface area contributed by atoms with E-state index < -0.39 is 0 Å². The van der Waals surface area contributed by atoms with E-state index in [0.29, 0.717) is 24.0 Å². The fourth-order valence-electron chi connectivity index (χ4n) is 4.45. The van der Waals surface area contributed by atoms with E-state index in [9.17, 15) is 4.79 Å². The lowest BCUT2D eigenvalue weighted by Gasteiger charge is -2.21. The smallest absolute Gasteiger partial charge is 0.273 e. The highest BCUT2D eigenvalue weighted by atomic mass is 35.5. The Morgan fingerprint density at radius 1 is 1.03 bits per heavy atom. The fraction of sp³-hybridized carbons (Fsp3) is 0.200. The first kappa shape index (κ1) is 24.8. The number of para-hydroxylation sites is 1. The Morgan fingerprint density at radius 3 is 2.59 bits per heavy atom. The summed E-state index contributed by atoms with van der Waals surface area (Å²) < 4.78 is 5.73. The van der Waals surface area contributed by atoms with Crippen LogP contribution in [0.3, 0.4) is 0 Å². The van der Waals surface area contributed by atoms with E-state index in [4.69, 9.17) is 16.0 Å². The van der Waals surface area contributed by atoms with Crippen LogP contribution in [0.15, 0.2) is 95.7 Å². The molecular weight excluding hydrogens is 484 g/mol. The van der Waals surface area contributed by atoms with Crippen molar-refractivity contribution < 1.29 is 9.21 Å². The quantitative estimate of drug-likeness (QED) is 0.222. The molecule has 1 amide bonds. The molecule has 0 aliphatic rings. The van der Waals surface area contributed by atoms with Gasteiger partial charge < -0.3 is 14.7 Å². The summed E-state index contributed by atoms with van der Waals surface area (Å²) in [6.07, 6.45) is 4.37. The van der Waals surface area contributed by atoms with Crippen molar-refractivity contribution in [3.05, 3.63) is 125 Å². The molecule has 2 heterocycles. The molecule has 0 aliphatic heterocycles. The van der Waals surface area contributed by atoms with Gasteiger partial charge in [0, 0.05) is 35.2 Å². The Kier molecular flexibility index (Phi) is 7.68.